The van der Waals surface area contributed by atoms with Crippen molar-refractivity contribution in [3.63, 3.8) is 0 Å². The highest BCUT2D eigenvalue weighted by atomic mass is 16.5. The predicted molar refractivity (Wildman–Crippen MR) is 104 cm³/mol. The average Bonchev–Trinajstić information content (AvgIpc) is 3.23. The molecule has 0 saturated heterocycles. The zero-order valence-electron chi connectivity index (χ0n) is 15.5. The van der Waals surface area contributed by atoms with Crippen molar-refractivity contribution in [1.82, 2.24) is 15.1 Å². The average molecular weight is 366 g/mol. The van der Waals surface area contributed by atoms with Crippen LogP contribution in [-0.2, 0) is 6.54 Å². The fourth-order valence-electron chi connectivity index (χ4n) is 2.71. The number of aromatic nitrogens is 2. The molecule has 27 heavy (non-hydrogen) atoms. The molecule has 0 bridgehead atoms. The molecule has 0 aliphatic carbocycles. The van der Waals surface area contributed by atoms with Gasteiger partial charge in [0, 0.05) is 25.4 Å². The molecule has 2 aromatic carbocycles. The van der Waals surface area contributed by atoms with Gasteiger partial charge in [-0.3, -0.25) is 5.10 Å². The Kier molecular flexibility index (Phi) is 5.61. The van der Waals surface area contributed by atoms with Crippen LogP contribution in [0.5, 0.6) is 11.5 Å². The Hall–Kier alpha value is -3.48. The number of anilines is 1. The van der Waals surface area contributed by atoms with Crippen molar-refractivity contribution in [3.8, 4) is 22.6 Å². The minimum atomic E-state index is -0.229. The van der Waals surface area contributed by atoms with E-state index in [1.165, 1.54) is 0 Å². The van der Waals surface area contributed by atoms with Gasteiger partial charge in [0.1, 0.15) is 11.5 Å². The number of aromatic amines is 1. The molecule has 0 fully saturated rings. The van der Waals surface area contributed by atoms with E-state index in [0.717, 1.165) is 22.4 Å². The molecule has 1 heterocycles. The summed E-state index contributed by atoms with van der Waals surface area (Å²) in [7, 11) is 4.93. The Balaban J connectivity index is 1.71. The molecule has 0 spiro atoms. The summed E-state index contributed by atoms with van der Waals surface area (Å²) < 4.78 is 10.7. The van der Waals surface area contributed by atoms with Crippen molar-refractivity contribution >= 4 is 11.7 Å². The van der Waals surface area contributed by atoms with Gasteiger partial charge in [0.05, 0.1) is 26.1 Å². The van der Waals surface area contributed by atoms with Gasteiger partial charge in [0.25, 0.3) is 0 Å². The van der Waals surface area contributed by atoms with Crippen molar-refractivity contribution in [1.29, 1.82) is 0 Å². The van der Waals surface area contributed by atoms with Gasteiger partial charge in [0.2, 0.25) is 0 Å². The number of nitrogens with zero attached hydrogens (tertiary/aromatic N) is 2. The maximum absolute atomic E-state index is 12.6. The summed E-state index contributed by atoms with van der Waals surface area (Å²) in [4.78, 5) is 14.2. The molecule has 2 N–H and O–H groups in total. The van der Waals surface area contributed by atoms with Gasteiger partial charge in [-0.05, 0) is 35.4 Å². The highest BCUT2D eigenvalue weighted by Crippen LogP contribution is 2.30. The Morgan fingerprint density at radius 3 is 2.70 bits per heavy atom. The fourth-order valence-corrected chi connectivity index (χ4v) is 2.71. The molecule has 7 nitrogen and oxygen atoms in total. The number of rotatable bonds is 6. The van der Waals surface area contributed by atoms with Crippen molar-refractivity contribution in [3.05, 3.63) is 60.4 Å². The van der Waals surface area contributed by atoms with Crippen molar-refractivity contribution in [2.24, 2.45) is 0 Å². The van der Waals surface area contributed by atoms with Crippen LogP contribution in [0.3, 0.4) is 0 Å². The number of hydrogen-bond donors (Lipinski definition) is 2. The van der Waals surface area contributed by atoms with E-state index in [2.05, 4.69) is 15.5 Å². The lowest BCUT2D eigenvalue weighted by atomic mass is 10.1. The monoisotopic (exact) mass is 366 g/mol. The van der Waals surface area contributed by atoms with Gasteiger partial charge in [-0.1, -0.05) is 18.2 Å². The van der Waals surface area contributed by atoms with Crippen LogP contribution < -0.4 is 14.8 Å². The summed E-state index contributed by atoms with van der Waals surface area (Å²) in [6, 6.07) is 13.0. The highest BCUT2D eigenvalue weighted by molar-refractivity contribution is 5.91. The summed E-state index contributed by atoms with van der Waals surface area (Å²) >= 11 is 0. The number of amides is 2. The molecule has 7 heteroatoms. The summed E-state index contributed by atoms with van der Waals surface area (Å²) in [6.45, 7) is 0.457. The summed E-state index contributed by atoms with van der Waals surface area (Å²) in [5, 5.41) is 9.62. The van der Waals surface area contributed by atoms with E-state index >= 15 is 0 Å². The van der Waals surface area contributed by atoms with Gasteiger partial charge < -0.3 is 19.7 Å². The normalized spacial score (nSPS) is 10.3. The minimum Gasteiger partial charge on any atom is -0.497 e. The van der Waals surface area contributed by atoms with Crippen molar-refractivity contribution in [2.75, 3.05) is 26.6 Å². The summed E-state index contributed by atoms with van der Waals surface area (Å²) in [5.74, 6) is 1.34. The number of nitrogens with one attached hydrogen (secondary N) is 2. The van der Waals surface area contributed by atoms with E-state index in [4.69, 9.17) is 9.47 Å². The first-order valence-electron chi connectivity index (χ1n) is 8.43. The number of carbonyl (C=O) groups excluding carboxylic acids is 1. The Labute approximate surface area is 157 Å². The van der Waals surface area contributed by atoms with Crippen molar-refractivity contribution < 1.29 is 14.3 Å². The van der Waals surface area contributed by atoms with Gasteiger partial charge in [0.15, 0.2) is 0 Å². The largest absolute Gasteiger partial charge is 0.497 e. The molecule has 0 radical (unpaired) electrons. The van der Waals surface area contributed by atoms with E-state index in [1.54, 1.807) is 38.6 Å². The number of H-pyrrole nitrogens is 1. The third kappa shape index (κ3) is 4.38. The lowest BCUT2D eigenvalue weighted by Crippen LogP contribution is -2.31. The second-order valence-electron chi connectivity index (χ2n) is 6.04. The second-order valence-corrected chi connectivity index (χ2v) is 6.04. The van der Waals surface area contributed by atoms with E-state index in [1.807, 2.05) is 42.5 Å². The number of ether oxygens (including phenoxy) is 2. The Morgan fingerprint density at radius 2 is 2.00 bits per heavy atom. The number of hydrogen-bond acceptors (Lipinski definition) is 4. The van der Waals surface area contributed by atoms with Crippen LogP contribution in [-0.4, -0.2) is 42.4 Å². The van der Waals surface area contributed by atoms with Gasteiger partial charge in [-0.25, -0.2) is 4.79 Å². The Morgan fingerprint density at radius 1 is 1.15 bits per heavy atom. The highest BCUT2D eigenvalue weighted by Gasteiger charge is 2.13. The maximum atomic E-state index is 12.6. The smallest absolute Gasteiger partial charge is 0.321 e. The molecule has 3 aromatic rings. The predicted octanol–water partition coefficient (Wildman–Crippen LogP) is 3.76. The lowest BCUT2D eigenvalue weighted by Gasteiger charge is -2.19. The van der Waals surface area contributed by atoms with Crippen LogP contribution in [0.15, 0.2) is 54.9 Å². The van der Waals surface area contributed by atoms with E-state index in [-0.39, 0.29) is 6.03 Å². The van der Waals surface area contributed by atoms with Crippen LogP contribution >= 0.6 is 0 Å². The number of urea groups is 1. The molecule has 0 atom stereocenters. The molecule has 0 aliphatic heterocycles. The summed E-state index contributed by atoms with van der Waals surface area (Å²) in [5.41, 5.74) is 3.48. The van der Waals surface area contributed by atoms with Crippen LogP contribution in [0.25, 0.3) is 11.1 Å². The van der Waals surface area contributed by atoms with E-state index in [9.17, 15) is 4.79 Å². The first kappa shape index (κ1) is 18.3. The third-order valence-electron chi connectivity index (χ3n) is 4.18. The molecule has 0 aliphatic rings. The quantitative estimate of drug-likeness (QED) is 0.696. The first-order chi connectivity index (χ1) is 13.1. The first-order valence-corrected chi connectivity index (χ1v) is 8.43. The van der Waals surface area contributed by atoms with E-state index < -0.39 is 0 Å². The molecule has 0 saturated carbocycles. The fraction of sp³-hybridized carbons (Fsp3) is 0.200. The maximum Gasteiger partial charge on any atom is 0.321 e. The number of carbonyl (C=O) groups is 1. The van der Waals surface area contributed by atoms with Gasteiger partial charge >= 0.3 is 6.03 Å². The zero-order valence-corrected chi connectivity index (χ0v) is 15.5. The molecule has 3 rings (SSSR count). The standard InChI is InChI=1S/C20H22N4O3/c1-24(13-14-5-4-6-17(9-14)26-2)20(25)23-18-8-7-15(10-19(18)27-3)16-11-21-22-12-16/h4-12H,13H2,1-3H3,(H,21,22)(H,23,25). The van der Waals surface area contributed by atoms with Crippen LogP contribution in [0.1, 0.15) is 5.56 Å². The lowest BCUT2D eigenvalue weighted by molar-refractivity contribution is 0.220. The molecule has 1 aromatic heterocycles. The second kappa shape index (κ2) is 8.27. The third-order valence-corrected chi connectivity index (χ3v) is 4.18. The molecule has 2 amide bonds. The molecular formula is C20H22N4O3. The zero-order chi connectivity index (χ0) is 19.2. The van der Waals surface area contributed by atoms with Crippen LogP contribution in [0, 0.1) is 0 Å². The topological polar surface area (TPSA) is 79.5 Å². The summed E-state index contributed by atoms with van der Waals surface area (Å²) in [6.07, 6.45) is 3.53. The van der Waals surface area contributed by atoms with Crippen molar-refractivity contribution in [2.45, 2.75) is 6.54 Å². The molecule has 0 unspecified atom stereocenters. The minimum absolute atomic E-state index is 0.229. The number of benzene rings is 2. The van der Waals surface area contributed by atoms with Crippen LogP contribution in [0.2, 0.25) is 0 Å². The van der Waals surface area contributed by atoms with Gasteiger partial charge in [-0.15, -0.1) is 0 Å². The molecular weight excluding hydrogens is 344 g/mol. The van der Waals surface area contributed by atoms with Crippen LogP contribution in [0.4, 0.5) is 10.5 Å². The Bertz CT molecular complexity index is 909. The SMILES string of the molecule is COc1cccc(CN(C)C(=O)Nc2ccc(-c3cn[nH]c3)cc2OC)c1. The molecule has 140 valence electrons. The number of methoxy groups -OCH3 is 2. The van der Waals surface area contributed by atoms with E-state index in [0.29, 0.717) is 18.0 Å². The van der Waals surface area contributed by atoms with Gasteiger partial charge in [-0.2, -0.15) is 5.10 Å².